The summed E-state index contributed by atoms with van der Waals surface area (Å²) < 4.78 is 5.34. The first-order chi connectivity index (χ1) is 9.11. The van der Waals surface area contributed by atoms with Gasteiger partial charge in [0.25, 0.3) is 5.91 Å². The van der Waals surface area contributed by atoms with Crippen molar-refractivity contribution in [3.8, 4) is 0 Å². The number of rotatable bonds is 2. The van der Waals surface area contributed by atoms with Gasteiger partial charge in [-0.15, -0.1) is 0 Å². The molecule has 102 valence electrons. The molecule has 2 rings (SSSR count). The fraction of sp³-hybridized carbons (Fsp3) is 0.417. The third kappa shape index (κ3) is 3.00. The van der Waals surface area contributed by atoms with Crippen LogP contribution in [0.1, 0.15) is 16.1 Å². The molecule has 0 saturated carbocycles. The van der Waals surface area contributed by atoms with Crippen LogP contribution in [-0.2, 0) is 4.74 Å². The first-order valence-electron chi connectivity index (χ1n) is 5.92. The zero-order chi connectivity index (χ0) is 13.8. The Kier molecular flexibility index (Phi) is 3.96. The predicted molar refractivity (Wildman–Crippen MR) is 68.0 cm³/mol. The second-order valence-corrected chi connectivity index (χ2v) is 4.32. The van der Waals surface area contributed by atoms with Crippen molar-refractivity contribution < 1.29 is 14.7 Å². The van der Waals surface area contributed by atoms with Crippen LogP contribution in [0.15, 0.2) is 23.5 Å². The van der Waals surface area contributed by atoms with Gasteiger partial charge < -0.3 is 20.6 Å². The SMILES string of the molecule is Cc1ccc(C(=O)N2CCOC(C(N)=NO)C2)cn1. The lowest BCUT2D eigenvalue weighted by molar-refractivity contribution is 0.00673. The molecular formula is C12H16N4O3. The van der Waals surface area contributed by atoms with Crippen molar-refractivity contribution in [1.82, 2.24) is 9.88 Å². The zero-order valence-corrected chi connectivity index (χ0v) is 10.6. The van der Waals surface area contributed by atoms with Crippen molar-refractivity contribution >= 4 is 11.7 Å². The molecule has 2 heterocycles. The molecule has 1 aromatic heterocycles. The lowest BCUT2D eigenvalue weighted by Gasteiger charge is -2.32. The number of pyridine rings is 1. The van der Waals surface area contributed by atoms with Gasteiger partial charge in [-0.25, -0.2) is 0 Å². The van der Waals surface area contributed by atoms with E-state index in [0.717, 1.165) is 5.69 Å². The number of ether oxygens (including phenoxy) is 1. The molecule has 1 amide bonds. The van der Waals surface area contributed by atoms with Crippen LogP contribution in [0.2, 0.25) is 0 Å². The van der Waals surface area contributed by atoms with E-state index >= 15 is 0 Å². The monoisotopic (exact) mass is 264 g/mol. The molecule has 1 unspecified atom stereocenters. The molecule has 0 bridgehead atoms. The van der Waals surface area contributed by atoms with Crippen molar-refractivity contribution in [2.75, 3.05) is 19.7 Å². The number of nitrogens with zero attached hydrogens (tertiary/aromatic N) is 3. The highest BCUT2D eigenvalue weighted by Gasteiger charge is 2.27. The molecule has 1 saturated heterocycles. The quantitative estimate of drug-likeness (QED) is 0.338. The van der Waals surface area contributed by atoms with E-state index in [1.807, 2.05) is 6.92 Å². The van der Waals surface area contributed by atoms with Crippen molar-refractivity contribution in [2.45, 2.75) is 13.0 Å². The number of hydrogen-bond acceptors (Lipinski definition) is 5. The Morgan fingerprint density at radius 2 is 2.42 bits per heavy atom. The van der Waals surface area contributed by atoms with Crippen LogP contribution < -0.4 is 5.73 Å². The summed E-state index contributed by atoms with van der Waals surface area (Å²) in [5.74, 6) is -0.161. The molecular weight excluding hydrogens is 248 g/mol. The maximum atomic E-state index is 12.3. The van der Waals surface area contributed by atoms with Gasteiger partial charge in [0.15, 0.2) is 5.84 Å². The Labute approximate surface area is 110 Å². The van der Waals surface area contributed by atoms with Gasteiger partial charge in [0, 0.05) is 18.4 Å². The highest BCUT2D eigenvalue weighted by atomic mass is 16.5. The minimum absolute atomic E-state index is 0.0282. The Morgan fingerprint density at radius 1 is 1.63 bits per heavy atom. The highest BCUT2D eigenvalue weighted by molar-refractivity contribution is 5.94. The predicted octanol–water partition coefficient (Wildman–Crippen LogP) is -0.0226. The molecule has 0 aromatic carbocycles. The minimum Gasteiger partial charge on any atom is -0.409 e. The van der Waals surface area contributed by atoms with Crippen LogP contribution in [0.3, 0.4) is 0 Å². The first-order valence-corrected chi connectivity index (χ1v) is 5.92. The van der Waals surface area contributed by atoms with Crippen LogP contribution in [-0.4, -0.2) is 52.6 Å². The van der Waals surface area contributed by atoms with E-state index in [1.165, 1.54) is 0 Å². The number of amides is 1. The summed E-state index contributed by atoms with van der Waals surface area (Å²) >= 11 is 0. The molecule has 19 heavy (non-hydrogen) atoms. The van der Waals surface area contributed by atoms with Gasteiger partial charge >= 0.3 is 0 Å². The lowest BCUT2D eigenvalue weighted by Crippen LogP contribution is -2.50. The largest absolute Gasteiger partial charge is 0.409 e. The fourth-order valence-electron chi connectivity index (χ4n) is 1.85. The third-order valence-electron chi connectivity index (χ3n) is 2.96. The maximum Gasteiger partial charge on any atom is 0.255 e. The summed E-state index contributed by atoms with van der Waals surface area (Å²) in [7, 11) is 0. The summed E-state index contributed by atoms with van der Waals surface area (Å²) in [5.41, 5.74) is 6.87. The van der Waals surface area contributed by atoms with E-state index in [9.17, 15) is 4.79 Å². The van der Waals surface area contributed by atoms with Gasteiger partial charge in [-0.1, -0.05) is 5.16 Å². The standard InChI is InChI=1S/C12H16N4O3/c1-8-2-3-9(6-14-8)12(17)16-4-5-19-10(7-16)11(13)15-18/h2-3,6,10,18H,4-5,7H2,1H3,(H2,13,15). The molecule has 1 aliphatic rings. The Morgan fingerprint density at radius 3 is 3.05 bits per heavy atom. The number of amidine groups is 1. The zero-order valence-electron chi connectivity index (χ0n) is 10.6. The molecule has 1 fully saturated rings. The van der Waals surface area contributed by atoms with Crippen molar-refractivity contribution in [3.05, 3.63) is 29.6 Å². The Bertz CT molecular complexity index is 486. The summed E-state index contributed by atoms with van der Waals surface area (Å²) in [4.78, 5) is 18.0. The second kappa shape index (κ2) is 5.66. The van der Waals surface area contributed by atoms with Gasteiger partial charge in [0.2, 0.25) is 0 Å². The number of carbonyl (C=O) groups excluding carboxylic acids is 1. The average Bonchev–Trinajstić information content (AvgIpc) is 2.46. The Balaban J connectivity index is 2.09. The van der Waals surface area contributed by atoms with Gasteiger partial charge in [0.1, 0.15) is 6.10 Å². The van der Waals surface area contributed by atoms with Crippen LogP contribution in [0.5, 0.6) is 0 Å². The Hall–Kier alpha value is -2.15. The molecule has 7 nitrogen and oxygen atoms in total. The number of carbonyl (C=O) groups is 1. The highest BCUT2D eigenvalue weighted by Crippen LogP contribution is 2.10. The van der Waals surface area contributed by atoms with E-state index in [0.29, 0.717) is 18.7 Å². The van der Waals surface area contributed by atoms with Crippen molar-refractivity contribution in [3.63, 3.8) is 0 Å². The van der Waals surface area contributed by atoms with E-state index in [1.54, 1.807) is 23.2 Å². The molecule has 0 radical (unpaired) electrons. The summed E-state index contributed by atoms with van der Waals surface area (Å²) in [6, 6.07) is 3.52. The van der Waals surface area contributed by atoms with E-state index in [4.69, 9.17) is 15.7 Å². The number of hydrogen-bond donors (Lipinski definition) is 2. The fourth-order valence-corrected chi connectivity index (χ4v) is 1.85. The minimum atomic E-state index is -0.568. The molecule has 0 aliphatic carbocycles. The number of oxime groups is 1. The van der Waals surface area contributed by atoms with Crippen LogP contribution in [0, 0.1) is 6.92 Å². The van der Waals surface area contributed by atoms with Gasteiger partial charge in [-0.2, -0.15) is 0 Å². The molecule has 1 atom stereocenters. The smallest absolute Gasteiger partial charge is 0.255 e. The van der Waals surface area contributed by atoms with Crippen LogP contribution >= 0.6 is 0 Å². The average molecular weight is 264 g/mol. The third-order valence-corrected chi connectivity index (χ3v) is 2.96. The molecule has 0 spiro atoms. The van der Waals surface area contributed by atoms with Gasteiger partial charge in [-0.3, -0.25) is 9.78 Å². The normalized spacial score (nSPS) is 20.4. The van der Waals surface area contributed by atoms with Gasteiger partial charge in [0.05, 0.1) is 18.7 Å². The number of aromatic nitrogens is 1. The molecule has 1 aromatic rings. The number of morpholine rings is 1. The lowest BCUT2D eigenvalue weighted by atomic mass is 10.2. The van der Waals surface area contributed by atoms with E-state index in [-0.39, 0.29) is 18.3 Å². The van der Waals surface area contributed by atoms with E-state index < -0.39 is 6.10 Å². The maximum absolute atomic E-state index is 12.3. The van der Waals surface area contributed by atoms with Crippen molar-refractivity contribution in [2.24, 2.45) is 10.9 Å². The number of nitrogens with two attached hydrogens (primary N) is 1. The number of aryl methyl sites for hydroxylation is 1. The second-order valence-electron chi connectivity index (χ2n) is 4.32. The van der Waals surface area contributed by atoms with Crippen LogP contribution in [0.4, 0.5) is 0 Å². The van der Waals surface area contributed by atoms with Crippen LogP contribution in [0.25, 0.3) is 0 Å². The molecule has 3 N–H and O–H groups in total. The van der Waals surface area contributed by atoms with Gasteiger partial charge in [-0.05, 0) is 19.1 Å². The first kappa shape index (κ1) is 13.3. The molecule has 7 heteroatoms. The summed E-state index contributed by atoms with van der Waals surface area (Å²) in [5, 5.41) is 11.5. The van der Waals surface area contributed by atoms with Crippen molar-refractivity contribution in [1.29, 1.82) is 0 Å². The topological polar surface area (TPSA) is 101 Å². The summed E-state index contributed by atoms with van der Waals surface area (Å²) in [6.45, 7) is 2.95. The molecule has 1 aliphatic heterocycles. The van der Waals surface area contributed by atoms with E-state index in [2.05, 4.69) is 10.1 Å². The summed E-state index contributed by atoms with van der Waals surface area (Å²) in [6.07, 6.45) is 0.979.